The van der Waals surface area contributed by atoms with Gasteiger partial charge < -0.3 is 15.2 Å². The van der Waals surface area contributed by atoms with Crippen molar-refractivity contribution in [2.75, 3.05) is 19.0 Å². The molecule has 1 heterocycles. The Morgan fingerprint density at radius 3 is 2.61 bits per heavy atom. The van der Waals surface area contributed by atoms with Gasteiger partial charge in [-0.2, -0.15) is 0 Å². The highest BCUT2D eigenvalue weighted by molar-refractivity contribution is 5.73. The molecule has 0 radical (unpaired) electrons. The maximum Gasteiger partial charge on any atom is 0.346 e. The van der Waals surface area contributed by atoms with E-state index in [0.29, 0.717) is 0 Å². The molecule has 0 saturated heterocycles. The Morgan fingerprint density at radius 2 is 2.11 bits per heavy atom. The van der Waals surface area contributed by atoms with Gasteiger partial charge in [0.15, 0.2) is 6.10 Å². The van der Waals surface area contributed by atoms with Crippen molar-refractivity contribution in [2.45, 2.75) is 6.10 Å². The van der Waals surface area contributed by atoms with Crippen molar-refractivity contribution < 1.29 is 14.6 Å². The fourth-order valence-electron chi connectivity index (χ4n) is 1.27. The summed E-state index contributed by atoms with van der Waals surface area (Å²) in [5.74, 6) is -1.27. The first-order chi connectivity index (χ1) is 8.38. The second-order valence-corrected chi connectivity index (χ2v) is 3.56. The Kier molecular flexibility index (Phi) is 4.21. The van der Waals surface area contributed by atoms with Gasteiger partial charge in [0.2, 0.25) is 5.82 Å². The van der Waals surface area contributed by atoms with E-state index in [0.717, 1.165) is 9.25 Å². The number of hydrogen-bond acceptors (Lipinski definition) is 6. The lowest BCUT2D eigenvalue weighted by Crippen LogP contribution is -2.41. The van der Waals surface area contributed by atoms with E-state index in [4.69, 9.17) is 9.84 Å². The summed E-state index contributed by atoms with van der Waals surface area (Å²) in [5, 5.41) is 15.0. The maximum absolute atomic E-state index is 11.6. The largest absolute Gasteiger partial charge is 0.479 e. The van der Waals surface area contributed by atoms with Crippen LogP contribution in [0.4, 0.5) is 5.82 Å². The van der Waals surface area contributed by atoms with E-state index in [-0.39, 0.29) is 12.4 Å². The highest BCUT2D eigenvalue weighted by atomic mass is 16.5. The standard InChI is InChI=1S/C9H14N4O5/c1-12-7(14)6(11-13(2)9(12)17)10-4-5(18-3)8(15)16/h5H,4H2,1-3H3,(H,10,11)(H,15,16). The predicted molar refractivity (Wildman–Crippen MR) is 61.6 cm³/mol. The van der Waals surface area contributed by atoms with E-state index >= 15 is 0 Å². The molecular formula is C9H14N4O5. The number of hydrogen-bond donors (Lipinski definition) is 2. The smallest absolute Gasteiger partial charge is 0.346 e. The Hall–Kier alpha value is -2.16. The number of carboxylic acids is 1. The van der Waals surface area contributed by atoms with Crippen LogP contribution in [-0.2, 0) is 23.6 Å². The minimum atomic E-state index is -1.16. The number of aromatic nitrogens is 3. The van der Waals surface area contributed by atoms with Gasteiger partial charge in [-0.05, 0) is 0 Å². The van der Waals surface area contributed by atoms with Gasteiger partial charge in [-0.1, -0.05) is 0 Å². The molecule has 1 aromatic rings. The molecule has 9 nitrogen and oxygen atoms in total. The quantitative estimate of drug-likeness (QED) is 0.627. The minimum Gasteiger partial charge on any atom is -0.479 e. The highest BCUT2D eigenvalue weighted by Gasteiger charge is 2.17. The average Bonchev–Trinajstić information content (AvgIpc) is 2.33. The molecule has 1 rings (SSSR count). The normalized spacial score (nSPS) is 12.2. The first kappa shape index (κ1) is 13.9. The molecule has 0 amide bonds. The van der Waals surface area contributed by atoms with Crippen LogP contribution < -0.4 is 16.6 Å². The molecule has 1 aromatic heterocycles. The van der Waals surface area contributed by atoms with Crippen molar-refractivity contribution >= 4 is 11.8 Å². The average molecular weight is 258 g/mol. The van der Waals surface area contributed by atoms with Crippen LogP contribution in [0, 0.1) is 0 Å². The first-order valence-corrected chi connectivity index (χ1v) is 5.02. The van der Waals surface area contributed by atoms with E-state index in [2.05, 4.69) is 10.4 Å². The molecule has 0 aliphatic heterocycles. The molecule has 0 bridgehead atoms. The van der Waals surface area contributed by atoms with Gasteiger partial charge in [-0.3, -0.25) is 9.36 Å². The Morgan fingerprint density at radius 1 is 1.50 bits per heavy atom. The van der Waals surface area contributed by atoms with Crippen LogP contribution in [0.5, 0.6) is 0 Å². The van der Waals surface area contributed by atoms with Gasteiger partial charge in [0.05, 0.1) is 6.54 Å². The number of carboxylic acid groups (broad SMARTS) is 1. The van der Waals surface area contributed by atoms with Crippen LogP contribution in [0.15, 0.2) is 9.59 Å². The Labute approximate surface area is 102 Å². The third-order valence-corrected chi connectivity index (χ3v) is 2.34. The SMILES string of the molecule is COC(CNc1nn(C)c(=O)n(C)c1=O)C(=O)O. The second kappa shape index (κ2) is 5.45. The molecule has 1 atom stereocenters. The zero-order valence-electron chi connectivity index (χ0n) is 10.2. The summed E-state index contributed by atoms with van der Waals surface area (Å²) in [6.45, 7) is -0.133. The van der Waals surface area contributed by atoms with Gasteiger partial charge in [-0.25, -0.2) is 14.3 Å². The van der Waals surface area contributed by atoms with Gasteiger partial charge >= 0.3 is 11.7 Å². The Bertz CT molecular complexity index is 561. The fourth-order valence-corrected chi connectivity index (χ4v) is 1.27. The molecule has 100 valence electrons. The van der Waals surface area contributed by atoms with Crippen LogP contribution >= 0.6 is 0 Å². The summed E-state index contributed by atoms with van der Waals surface area (Å²) < 4.78 is 6.54. The molecule has 0 spiro atoms. The lowest BCUT2D eigenvalue weighted by molar-refractivity contribution is -0.147. The third kappa shape index (κ3) is 2.74. The molecule has 2 N–H and O–H groups in total. The minimum absolute atomic E-state index is 0.108. The zero-order chi connectivity index (χ0) is 13.9. The number of carbonyl (C=O) groups is 1. The number of rotatable bonds is 5. The molecule has 18 heavy (non-hydrogen) atoms. The third-order valence-electron chi connectivity index (χ3n) is 2.34. The van der Waals surface area contributed by atoms with E-state index in [9.17, 15) is 14.4 Å². The van der Waals surface area contributed by atoms with Crippen LogP contribution in [0.25, 0.3) is 0 Å². The summed E-state index contributed by atoms with van der Waals surface area (Å²) in [5.41, 5.74) is -1.19. The van der Waals surface area contributed by atoms with Crippen molar-refractivity contribution in [3.05, 3.63) is 20.8 Å². The van der Waals surface area contributed by atoms with Gasteiger partial charge in [0, 0.05) is 21.2 Å². The summed E-state index contributed by atoms with van der Waals surface area (Å²) in [6, 6.07) is 0. The van der Waals surface area contributed by atoms with E-state index < -0.39 is 23.3 Å². The molecule has 0 aliphatic rings. The predicted octanol–water partition coefficient (Wildman–Crippen LogP) is -2.01. The number of ether oxygens (including phenoxy) is 1. The van der Waals surface area contributed by atoms with Crippen molar-refractivity contribution in [1.29, 1.82) is 0 Å². The summed E-state index contributed by atoms with van der Waals surface area (Å²) in [7, 11) is 3.94. The van der Waals surface area contributed by atoms with Crippen LogP contribution in [0.2, 0.25) is 0 Å². The number of methoxy groups -OCH3 is 1. The van der Waals surface area contributed by atoms with Gasteiger partial charge in [-0.15, -0.1) is 5.10 Å². The van der Waals surface area contributed by atoms with Gasteiger partial charge in [0.1, 0.15) is 0 Å². The Balaban J connectivity index is 2.96. The number of anilines is 1. The fraction of sp³-hybridized carbons (Fsp3) is 0.556. The lowest BCUT2D eigenvalue weighted by Gasteiger charge is -2.12. The summed E-state index contributed by atoms with van der Waals surface area (Å²) in [4.78, 5) is 33.7. The maximum atomic E-state index is 11.6. The number of nitrogens with zero attached hydrogens (tertiary/aromatic N) is 3. The second-order valence-electron chi connectivity index (χ2n) is 3.56. The number of aryl methyl sites for hydroxylation is 1. The molecule has 0 aromatic carbocycles. The molecule has 9 heteroatoms. The molecule has 1 unspecified atom stereocenters. The van der Waals surface area contributed by atoms with Crippen LogP contribution in [0.3, 0.4) is 0 Å². The topological polar surface area (TPSA) is 115 Å². The van der Waals surface area contributed by atoms with Crippen molar-refractivity contribution in [3.8, 4) is 0 Å². The summed E-state index contributed by atoms with van der Waals surface area (Å²) >= 11 is 0. The molecular weight excluding hydrogens is 244 g/mol. The van der Waals surface area contributed by atoms with Crippen molar-refractivity contribution in [3.63, 3.8) is 0 Å². The van der Waals surface area contributed by atoms with Gasteiger partial charge in [0.25, 0.3) is 5.56 Å². The summed E-state index contributed by atoms with van der Waals surface area (Å²) in [6.07, 6.45) is -1.10. The van der Waals surface area contributed by atoms with E-state index in [1.807, 2.05) is 0 Å². The molecule has 0 aliphatic carbocycles. The number of aliphatic carboxylic acids is 1. The number of nitrogens with one attached hydrogen (secondary N) is 1. The zero-order valence-corrected chi connectivity index (χ0v) is 10.2. The first-order valence-electron chi connectivity index (χ1n) is 5.02. The van der Waals surface area contributed by atoms with Crippen molar-refractivity contribution in [1.82, 2.24) is 14.3 Å². The van der Waals surface area contributed by atoms with E-state index in [1.165, 1.54) is 21.2 Å². The highest BCUT2D eigenvalue weighted by Crippen LogP contribution is 1.94. The van der Waals surface area contributed by atoms with E-state index in [1.54, 1.807) is 0 Å². The molecule has 0 saturated carbocycles. The lowest BCUT2D eigenvalue weighted by atomic mass is 10.3. The molecule has 0 fully saturated rings. The van der Waals surface area contributed by atoms with Crippen LogP contribution in [-0.4, -0.2) is 45.2 Å². The monoisotopic (exact) mass is 258 g/mol. The van der Waals surface area contributed by atoms with Crippen LogP contribution in [0.1, 0.15) is 0 Å². The van der Waals surface area contributed by atoms with Crippen molar-refractivity contribution in [2.24, 2.45) is 14.1 Å².